The number of nitrogens with one attached hydrogen (secondary N) is 1. The van der Waals surface area contributed by atoms with Crippen LogP contribution in [0.25, 0.3) is 0 Å². The molecule has 1 amide bonds. The van der Waals surface area contributed by atoms with Gasteiger partial charge in [0.05, 0.1) is 5.57 Å². The number of ketones is 2. The molecule has 2 fully saturated rings. The summed E-state index contributed by atoms with van der Waals surface area (Å²) in [4.78, 5) is 40.9. The van der Waals surface area contributed by atoms with Gasteiger partial charge in [-0.15, -0.1) is 0 Å². The van der Waals surface area contributed by atoms with Gasteiger partial charge in [-0.05, 0) is 92.1 Å². The van der Waals surface area contributed by atoms with Crippen LogP contribution in [-0.2, 0) is 20.9 Å². The van der Waals surface area contributed by atoms with Gasteiger partial charge >= 0.3 is 6.09 Å². The first-order valence-corrected chi connectivity index (χ1v) is 16.8. The van der Waals surface area contributed by atoms with E-state index in [0.29, 0.717) is 0 Å². The second-order valence-electron chi connectivity index (χ2n) is 16.8. The number of nitriles is 1. The Hall–Kier alpha value is -3.20. The minimum Gasteiger partial charge on any atom is -0.445 e. The number of nitrogens with zero attached hydrogens (tertiary/aromatic N) is 1. The minimum absolute atomic E-state index is 0.00212. The molecule has 0 heterocycles. The highest BCUT2D eigenvalue weighted by Crippen LogP contribution is 2.70. The number of amides is 1. The number of ether oxygens (including phenoxy) is 1. The fourth-order valence-electron chi connectivity index (χ4n) is 9.72. The number of allylic oxidation sites excluding steroid dienone is 4. The Labute approximate surface area is 270 Å². The first-order chi connectivity index (χ1) is 20.9. The average Bonchev–Trinajstić information content (AvgIpc) is 2.98. The average molecular weight is 613 g/mol. The number of alkyl carbamates (subject to hydrolysis) is 1. The van der Waals surface area contributed by atoms with Crippen molar-refractivity contribution in [2.45, 2.75) is 119 Å². The monoisotopic (exact) mass is 612 g/mol. The highest BCUT2D eigenvalue weighted by atomic mass is 16.5. The quantitative estimate of drug-likeness (QED) is 0.368. The van der Waals surface area contributed by atoms with Crippen LogP contribution in [0.3, 0.4) is 0 Å². The second kappa shape index (κ2) is 11.2. The second-order valence-corrected chi connectivity index (χ2v) is 16.8. The lowest BCUT2D eigenvalue weighted by atomic mass is 9.38. The maximum absolute atomic E-state index is 14.3. The van der Waals surface area contributed by atoms with Crippen molar-refractivity contribution in [1.29, 1.82) is 5.26 Å². The van der Waals surface area contributed by atoms with Gasteiger partial charge in [0, 0.05) is 22.3 Å². The van der Waals surface area contributed by atoms with Crippen molar-refractivity contribution in [3.8, 4) is 6.07 Å². The van der Waals surface area contributed by atoms with Gasteiger partial charge < -0.3 is 10.1 Å². The number of hydrogen-bond donors (Lipinski definition) is 1. The Morgan fingerprint density at radius 3 is 2.24 bits per heavy atom. The van der Waals surface area contributed by atoms with Crippen LogP contribution in [0.4, 0.5) is 4.79 Å². The molecule has 1 aromatic rings. The Kier molecular flexibility index (Phi) is 8.29. The fourth-order valence-corrected chi connectivity index (χ4v) is 9.72. The molecule has 0 spiro atoms. The summed E-state index contributed by atoms with van der Waals surface area (Å²) in [7, 11) is 0. The van der Waals surface area contributed by atoms with Crippen molar-refractivity contribution in [1.82, 2.24) is 5.32 Å². The molecule has 45 heavy (non-hydrogen) atoms. The van der Waals surface area contributed by atoms with E-state index < -0.39 is 22.5 Å². The third kappa shape index (κ3) is 5.59. The van der Waals surface area contributed by atoms with E-state index in [2.05, 4.69) is 52.9 Å². The summed E-state index contributed by atoms with van der Waals surface area (Å²) < 4.78 is 5.68. The van der Waals surface area contributed by atoms with Gasteiger partial charge in [-0.25, -0.2) is 4.79 Å². The van der Waals surface area contributed by atoms with Gasteiger partial charge in [0.25, 0.3) is 0 Å². The molecule has 0 aromatic heterocycles. The summed E-state index contributed by atoms with van der Waals surface area (Å²) >= 11 is 0. The molecule has 5 rings (SSSR count). The highest BCUT2D eigenvalue weighted by molar-refractivity contribution is 6.04. The number of hydrogen-bond acceptors (Lipinski definition) is 5. The van der Waals surface area contributed by atoms with Crippen LogP contribution in [0.2, 0.25) is 0 Å². The summed E-state index contributed by atoms with van der Waals surface area (Å²) in [6, 6.07) is 11.9. The zero-order valence-electron chi connectivity index (χ0n) is 28.6. The molecule has 6 nitrogen and oxygen atoms in total. The molecule has 4 aliphatic carbocycles. The van der Waals surface area contributed by atoms with Crippen LogP contribution in [0.1, 0.15) is 112 Å². The van der Waals surface area contributed by atoms with Crippen LogP contribution in [0.15, 0.2) is 53.6 Å². The van der Waals surface area contributed by atoms with E-state index in [-0.39, 0.29) is 51.8 Å². The largest absolute Gasteiger partial charge is 0.445 e. The lowest BCUT2D eigenvalue weighted by Crippen LogP contribution is -2.60. The molecule has 1 N–H and O–H groups in total. The van der Waals surface area contributed by atoms with Crippen molar-refractivity contribution in [3.05, 3.63) is 59.2 Å². The summed E-state index contributed by atoms with van der Waals surface area (Å²) in [5.41, 5.74) is -0.234. The van der Waals surface area contributed by atoms with Gasteiger partial charge in [-0.2, -0.15) is 5.26 Å². The summed E-state index contributed by atoms with van der Waals surface area (Å²) in [6.45, 7) is 17.6. The third-order valence-electron chi connectivity index (χ3n) is 13.0. The van der Waals surface area contributed by atoms with Gasteiger partial charge in [-0.3, -0.25) is 9.59 Å². The van der Waals surface area contributed by atoms with E-state index in [1.165, 1.54) is 0 Å². The third-order valence-corrected chi connectivity index (χ3v) is 13.0. The Balaban J connectivity index is 1.51. The van der Waals surface area contributed by atoms with Gasteiger partial charge in [-0.1, -0.05) is 90.4 Å². The van der Waals surface area contributed by atoms with E-state index in [1.807, 2.05) is 56.3 Å². The number of rotatable bonds is 3. The molecule has 1 unspecified atom stereocenters. The molecule has 6 atom stereocenters. The highest BCUT2D eigenvalue weighted by Gasteiger charge is 2.65. The first-order valence-electron chi connectivity index (χ1n) is 16.8. The molecule has 2 saturated carbocycles. The zero-order chi connectivity index (χ0) is 33.1. The van der Waals surface area contributed by atoms with Crippen LogP contribution in [0, 0.1) is 50.2 Å². The number of carbonyl (C=O) groups excluding carboxylic acids is 3. The normalized spacial score (nSPS) is 37.4. The molecule has 0 saturated heterocycles. The van der Waals surface area contributed by atoms with Crippen molar-refractivity contribution in [2.24, 2.45) is 38.9 Å². The first kappa shape index (κ1) is 33.2. The molecular weight excluding hydrogens is 560 g/mol. The smallest absolute Gasteiger partial charge is 0.407 e. The maximum Gasteiger partial charge on any atom is 0.407 e. The molecule has 0 radical (unpaired) electrons. The predicted octanol–water partition coefficient (Wildman–Crippen LogP) is 8.66. The molecule has 6 heteroatoms. The topological polar surface area (TPSA) is 96.3 Å². The van der Waals surface area contributed by atoms with Crippen LogP contribution < -0.4 is 5.32 Å². The van der Waals surface area contributed by atoms with Crippen LogP contribution >= 0.6 is 0 Å². The molecule has 0 aliphatic heterocycles. The zero-order valence-corrected chi connectivity index (χ0v) is 28.6. The van der Waals surface area contributed by atoms with Crippen molar-refractivity contribution < 1.29 is 19.1 Å². The van der Waals surface area contributed by atoms with E-state index in [4.69, 9.17) is 4.74 Å². The summed E-state index contributed by atoms with van der Waals surface area (Å²) in [5, 5.41) is 13.3. The van der Waals surface area contributed by atoms with Gasteiger partial charge in [0.15, 0.2) is 11.6 Å². The number of carbonyl (C=O) groups is 3. The Morgan fingerprint density at radius 1 is 0.911 bits per heavy atom. The number of fused-ring (bicyclic) bond motifs is 5. The van der Waals surface area contributed by atoms with Crippen molar-refractivity contribution >= 4 is 17.7 Å². The van der Waals surface area contributed by atoms with E-state index in [0.717, 1.165) is 62.5 Å². The van der Waals surface area contributed by atoms with E-state index in [9.17, 15) is 19.6 Å². The predicted molar refractivity (Wildman–Crippen MR) is 176 cm³/mol. The molecule has 4 aliphatic rings. The standard InChI is InChI=1S/C39H52N2O4/c1-34(2)16-14-28-29(42)22-31-37(6)23-27(24-40)32(43)35(3,4)30(37)15-17-39(31,8)38(28,7)21-20-36(5,19-18-34)41-33(44)45-25-26-12-10-9-11-13-26/h9-13,22-23,28,30H,14-21,25H2,1-8H3,(H,41,44)/t28?,30-,36-,37-,38+,39+/m0/s1. The van der Waals surface area contributed by atoms with Gasteiger partial charge in [0.1, 0.15) is 12.7 Å². The Bertz CT molecular complexity index is 1480. The lowest BCUT2D eigenvalue weighted by Gasteiger charge is -2.65. The van der Waals surface area contributed by atoms with Crippen molar-refractivity contribution in [2.75, 3.05) is 0 Å². The fraction of sp³-hybridized carbons (Fsp3) is 0.641. The van der Waals surface area contributed by atoms with E-state index >= 15 is 0 Å². The molecule has 1 aromatic carbocycles. The molecule has 242 valence electrons. The summed E-state index contributed by atoms with van der Waals surface area (Å²) in [5.74, 6) is -0.0612. The van der Waals surface area contributed by atoms with E-state index in [1.54, 1.807) is 0 Å². The van der Waals surface area contributed by atoms with Crippen LogP contribution in [-0.4, -0.2) is 23.2 Å². The minimum atomic E-state index is -0.694. The maximum atomic E-state index is 14.3. The number of Topliss-reactive ketones (excluding diaryl/α,β-unsaturated/α-hetero) is 1. The molecule has 0 bridgehead atoms. The lowest BCUT2D eigenvalue weighted by molar-refractivity contribution is -0.139. The van der Waals surface area contributed by atoms with Crippen LogP contribution in [0.5, 0.6) is 0 Å². The number of benzene rings is 1. The SMILES string of the molecule is CC1(C)CCC2C(=O)C=C3[C@@]4(C)C=C(C#N)C(=O)C(C)(C)[C@@H]4CC[C@@]3(C)[C@]2(C)CC[C@@](C)(NC(=O)OCc2ccccc2)CC1. The van der Waals surface area contributed by atoms with Crippen molar-refractivity contribution in [3.63, 3.8) is 0 Å². The summed E-state index contributed by atoms with van der Waals surface area (Å²) in [6.07, 6.45) is 10.1. The molecular formula is C39H52N2O4. The van der Waals surface area contributed by atoms with Gasteiger partial charge in [0.2, 0.25) is 0 Å². The Morgan fingerprint density at radius 2 is 1.58 bits per heavy atom.